The topological polar surface area (TPSA) is 24.5 Å². The number of fused-ring (bicyclic) bond motifs is 1. The lowest BCUT2D eigenvalue weighted by atomic mass is 10.0. The lowest BCUT2D eigenvalue weighted by Gasteiger charge is -2.21. The summed E-state index contributed by atoms with van der Waals surface area (Å²) in [6.07, 6.45) is 0. The zero-order valence-corrected chi connectivity index (χ0v) is 12.7. The molecule has 1 aliphatic heterocycles. The van der Waals surface area contributed by atoms with Gasteiger partial charge in [0, 0.05) is 31.2 Å². The first-order valence-corrected chi connectivity index (χ1v) is 7.40. The highest BCUT2D eigenvalue weighted by atomic mass is 16.5. The van der Waals surface area contributed by atoms with Gasteiger partial charge in [-0.1, -0.05) is 30.3 Å². The summed E-state index contributed by atoms with van der Waals surface area (Å²) in [5.41, 5.74) is 4.05. The summed E-state index contributed by atoms with van der Waals surface area (Å²) in [6.45, 7) is 3.06. The van der Waals surface area contributed by atoms with Crippen LogP contribution in [0.15, 0.2) is 48.5 Å². The molecule has 21 heavy (non-hydrogen) atoms. The molecule has 3 nitrogen and oxygen atoms in total. The number of benzene rings is 2. The Morgan fingerprint density at radius 2 is 1.90 bits per heavy atom. The van der Waals surface area contributed by atoms with Crippen molar-refractivity contribution >= 4 is 5.69 Å². The standard InChI is InChI=1S/C18H22N2O/c1-20(12-14-7-9-16(21-2)10-8-14)13-15-11-19-18-6-4-3-5-17(15)18/h3-10,15,19H,11-13H2,1-2H3. The fraction of sp³-hybridized carbons (Fsp3) is 0.333. The van der Waals surface area contributed by atoms with E-state index in [9.17, 15) is 0 Å². The molecule has 110 valence electrons. The molecular weight excluding hydrogens is 260 g/mol. The Bertz CT molecular complexity index is 594. The van der Waals surface area contributed by atoms with Gasteiger partial charge in [0.05, 0.1) is 7.11 Å². The molecule has 0 amide bonds. The highest BCUT2D eigenvalue weighted by Gasteiger charge is 2.22. The van der Waals surface area contributed by atoms with Crippen LogP contribution in [0.2, 0.25) is 0 Å². The first kappa shape index (κ1) is 14.0. The predicted molar refractivity (Wildman–Crippen MR) is 87.0 cm³/mol. The minimum Gasteiger partial charge on any atom is -0.497 e. The van der Waals surface area contributed by atoms with E-state index in [0.717, 1.165) is 25.4 Å². The number of hydrogen-bond donors (Lipinski definition) is 1. The maximum Gasteiger partial charge on any atom is 0.118 e. The van der Waals surface area contributed by atoms with E-state index in [0.29, 0.717) is 5.92 Å². The van der Waals surface area contributed by atoms with Crippen LogP contribution in [0.4, 0.5) is 5.69 Å². The molecule has 3 rings (SSSR count). The van der Waals surface area contributed by atoms with E-state index in [1.165, 1.54) is 16.8 Å². The van der Waals surface area contributed by atoms with Gasteiger partial charge in [0.25, 0.3) is 0 Å². The van der Waals surface area contributed by atoms with Crippen LogP contribution < -0.4 is 10.1 Å². The van der Waals surface area contributed by atoms with Gasteiger partial charge in [-0.15, -0.1) is 0 Å². The van der Waals surface area contributed by atoms with Crippen LogP contribution in [0.25, 0.3) is 0 Å². The summed E-state index contributed by atoms with van der Waals surface area (Å²) in [6, 6.07) is 16.9. The average Bonchev–Trinajstić information content (AvgIpc) is 2.91. The van der Waals surface area contributed by atoms with E-state index in [1.807, 2.05) is 12.1 Å². The second kappa shape index (κ2) is 6.19. The minimum absolute atomic E-state index is 0.574. The quantitative estimate of drug-likeness (QED) is 0.910. The van der Waals surface area contributed by atoms with E-state index in [1.54, 1.807) is 7.11 Å². The lowest BCUT2D eigenvalue weighted by molar-refractivity contribution is 0.309. The molecule has 1 N–H and O–H groups in total. The molecule has 0 saturated carbocycles. The Morgan fingerprint density at radius 1 is 1.14 bits per heavy atom. The number of anilines is 1. The molecule has 0 spiro atoms. The van der Waals surface area contributed by atoms with Crippen molar-refractivity contribution in [1.29, 1.82) is 0 Å². The Kier molecular flexibility index (Phi) is 4.11. The SMILES string of the molecule is COc1ccc(CN(C)CC2CNc3ccccc32)cc1. The molecule has 1 unspecified atom stereocenters. The molecule has 0 aromatic heterocycles. The van der Waals surface area contributed by atoms with Crippen LogP contribution >= 0.6 is 0 Å². The maximum absolute atomic E-state index is 5.20. The third-order valence-corrected chi connectivity index (χ3v) is 4.08. The molecule has 0 saturated heterocycles. The van der Waals surface area contributed by atoms with Crippen molar-refractivity contribution in [2.75, 3.05) is 32.6 Å². The molecule has 0 aliphatic carbocycles. The highest BCUT2D eigenvalue weighted by Crippen LogP contribution is 2.31. The van der Waals surface area contributed by atoms with Crippen molar-refractivity contribution in [2.24, 2.45) is 0 Å². The zero-order chi connectivity index (χ0) is 14.7. The van der Waals surface area contributed by atoms with E-state index >= 15 is 0 Å². The summed E-state index contributed by atoms with van der Waals surface area (Å²) in [7, 11) is 3.89. The monoisotopic (exact) mass is 282 g/mol. The molecular formula is C18H22N2O. The third kappa shape index (κ3) is 3.19. The van der Waals surface area contributed by atoms with Crippen LogP contribution in [0.3, 0.4) is 0 Å². The van der Waals surface area contributed by atoms with E-state index in [2.05, 4.69) is 53.7 Å². The summed E-state index contributed by atoms with van der Waals surface area (Å²) < 4.78 is 5.20. The summed E-state index contributed by atoms with van der Waals surface area (Å²) in [4.78, 5) is 2.39. The zero-order valence-electron chi connectivity index (χ0n) is 12.7. The number of likely N-dealkylation sites (N-methyl/N-ethyl adjacent to an activating group) is 1. The second-order valence-electron chi connectivity index (χ2n) is 5.71. The largest absolute Gasteiger partial charge is 0.497 e. The first-order valence-electron chi connectivity index (χ1n) is 7.40. The average molecular weight is 282 g/mol. The smallest absolute Gasteiger partial charge is 0.118 e. The van der Waals surface area contributed by atoms with Gasteiger partial charge < -0.3 is 15.0 Å². The Balaban J connectivity index is 1.60. The highest BCUT2D eigenvalue weighted by molar-refractivity contribution is 5.57. The van der Waals surface area contributed by atoms with Crippen molar-refractivity contribution in [2.45, 2.75) is 12.5 Å². The predicted octanol–water partition coefficient (Wildman–Crippen LogP) is 3.34. The van der Waals surface area contributed by atoms with Crippen molar-refractivity contribution in [3.05, 3.63) is 59.7 Å². The van der Waals surface area contributed by atoms with Gasteiger partial charge in [0.1, 0.15) is 5.75 Å². The Hall–Kier alpha value is -2.00. The Labute approximate surface area is 126 Å². The number of nitrogens with one attached hydrogen (secondary N) is 1. The molecule has 1 atom stereocenters. The second-order valence-corrected chi connectivity index (χ2v) is 5.71. The van der Waals surface area contributed by atoms with Crippen molar-refractivity contribution in [1.82, 2.24) is 4.90 Å². The molecule has 1 heterocycles. The van der Waals surface area contributed by atoms with Crippen LogP contribution in [0.1, 0.15) is 17.0 Å². The van der Waals surface area contributed by atoms with Crippen molar-refractivity contribution in [3.63, 3.8) is 0 Å². The van der Waals surface area contributed by atoms with Gasteiger partial charge in [-0.3, -0.25) is 0 Å². The molecule has 3 heteroatoms. The fourth-order valence-electron chi connectivity index (χ4n) is 3.00. The van der Waals surface area contributed by atoms with E-state index in [4.69, 9.17) is 4.74 Å². The van der Waals surface area contributed by atoms with E-state index < -0.39 is 0 Å². The van der Waals surface area contributed by atoms with E-state index in [-0.39, 0.29) is 0 Å². The van der Waals surface area contributed by atoms with Crippen LogP contribution in [-0.4, -0.2) is 32.1 Å². The molecule has 0 fully saturated rings. The Morgan fingerprint density at radius 3 is 2.67 bits per heavy atom. The van der Waals surface area contributed by atoms with Crippen LogP contribution in [0.5, 0.6) is 5.75 Å². The summed E-state index contributed by atoms with van der Waals surface area (Å²) >= 11 is 0. The molecule has 0 bridgehead atoms. The molecule has 1 aliphatic rings. The maximum atomic E-state index is 5.20. The molecule has 2 aromatic carbocycles. The van der Waals surface area contributed by atoms with Crippen molar-refractivity contribution < 1.29 is 4.74 Å². The first-order chi connectivity index (χ1) is 10.3. The van der Waals surface area contributed by atoms with Gasteiger partial charge in [-0.25, -0.2) is 0 Å². The van der Waals surface area contributed by atoms with Gasteiger partial charge >= 0.3 is 0 Å². The summed E-state index contributed by atoms with van der Waals surface area (Å²) in [5.74, 6) is 1.49. The molecule has 2 aromatic rings. The summed E-state index contributed by atoms with van der Waals surface area (Å²) in [5, 5.41) is 3.49. The molecule has 0 radical (unpaired) electrons. The number of methoxy groups -OCH3 is 1. The van der Waals surface area contributed by atoms with Gasteiger partial charge in [-0.05, 0) is 36.4 Å². The number of rotatable bonds is 5. The third-order valence-electron chi connectivity index (χ3n) is 4.08. The van der Waals surface area contributed by atoms with Gasteiger partial charge in [0.2, 0.25) is 0 Å². The van der Waals surface area contributed by atoms with Crippen molar-refractivity contribution in [3.8, 4) is 5.75 Å². The number of hydrogen-bond acceptors (Lipinski definition) is 3. The van der Waals surface area contributed by atoms with Gasteiger partial charge in [-0.2, -0.15) is 0 Å². The number of ether oxygens (including phenoxy) is 1. The lowest BCUT2D eigenvalue weighted by Crippen LogP contribution is -2.25. The fourth-order valence-corrected chi connectivity index (χ4v) is 3.00. The van der Waals surface area contributed by atoms with Crippen LogP contribution in [0, 0.1) is 0 Å². The number of nitrogens with zero attached hydrogens (tertiary/aromatic N) is 1. The minimum atomic E-state index is 0.574. The van der Waals surface area contributed by atoms with Crippen LogP contribution in [-0.2, 0) is 6.54 Å². The normalized spacial score (nSPS) is 16.6. The van der Waals surface area contributed by atoms with Gasteiger partial charge in [0.15, 0.2) is 0 Å². The number of para-hydroxylation sites is 1.